The van der Waals surface area contributed by atoms with Crippen LogP contribution in [0.2, 0.25) is 0 Å². The summed E-state index contributed by atoms with van der Waals surface area (Å²) in [5, 5.41) is 12.8. The predicted molar refractivity (Wildman–Crippen MR) is 75.8 cm³/mol. The monoisotopic (exact) mass is 275 g/mol. The number of carbonyl (C=O) groups is 1. The Labute approximate surface area is 119 Å². The van der Waals surface area contributed by atoms with E-state index in [4.69, 9.17) is 4.74 Å². The number of benzene rings is 1. The molecular weight excluding hydrogens is 254 g/mol. The molecule has 0 aromatic heterocycles. The summed E-state index contributed by atoms with van der Waals surface area (Å²) < 4.78 is 5.73. The van der Waals surface area contributed by atoms with E-state index in [-0.39, 0.29) is 5.91 Å². The van der Waals surface area contributed by atoms with Crippen LogP contribution in [0.5, 0.6) is 5.75 Å². The van der Waals surface area contributed by atoms with Gasteiger partial charge in [-0.05, 0) is 55.9 Å². The zero-order chi connectivity index (χ0) is 14.3. The molecule has 2 N–H and O–H groups in total. The summed E-state index contributed by atoms with van der Waals surface area (Å²) in [5.41, 5.74) is 2.80. The molecule has 2 aliphatic rings. The fourth-order valence-corrected chi connectivity index (χ4v) is 2.79. The van der Waals surface area contributed by atoms with Crippen LogP contribution in [0.15, 0.2) is 12.1 Å². The Morgan fingerprint density at radius 2 is 2.10 bits per heavy atom. The van der Waals surface area contributed by atoms with Crippen molar-refractivity contribution in [1.29, 1.82) is 0 Å². The molecule has 4 nitrogen and oxygen atoms in total. The van der Waals surface area contributed by atoms with Crippen molar-refractivity contribution < 1.29 is 14.6 Å². The van der Waals surface area contributed by atoms with Crippen molar-refractivity contribution in [2.24, 2.45) is 0 Å². The third-order valence-corrected chi connectivity index (χ3v) is 4.52. The molecule has 1 amide bonds. The van der Waals surface area contributed by atoms with E-state index < -0.39 is 11.7 Å². The van der Waals surface area contributed by atoms with Crippen LogP contribution in [0.4, 0.5) is 0 Å². The first-order valence-electron chi connectivity index (χ1n) is 7.24. The van der Waals surface area contributed by atoms with E-state index in [0.29, 0.717) is 13.0 Å². The Balaban J connectivity index is 1.61. The molecule has 0 saturated heterocycles. The smallest absolute Gasteiger partial charge is 0.261 e. The van der Waals surface area contributed by atoms with Crippen molar-refractivity contribution in [3.8, 4) is 5.75 Å². The topological polar surface area (TPSA) is 58.6 Å². The Kier molecular flexibility index (Phi) is 3.21. The van der Waals surface area contributed by atoms with Crippen molar-refractivity contribution in [2.45, 2.75) is 51.2 Å². The number of rotatable bonds is 3. The zero-order valence-corrected chi connectivity index (χ0v) is 12.0. The van der Waals surface area contributed by atoms with Crippen LogP contribution in [0.3, 0.4) is 0 Å². The number of carbonyl (C=O) groups excluding carboxylic acids is 1. The number of hydrogen-bond acceptors (Lipinski definition) is 3. The van der Waals surface area contributed by atoms with E-state index in [0.717, 1.165) is 30.6 Å². The molecular formula is C16H21NO3. The standard InChI is InChI=1S/C16H21NO3/c1-10-6-12-8-14(20-13(12)7-11(10)2)15(18)17-9-16(19)4-3-5-16/h6-7,14,19H,3-5,8-9H2,1-2H3,(H,17,18). The van der Waals surface area contributed by atoms with Crippen LogP contribution in [-0.4, -0.2) is 29.3 Å². The molecule has 1 aromatic carbocycles. The van der Waals surface area contributed by atoms with Gasteiger partial charge in [0.15, 0.2) is 6.10 Å². The Morgan fingerprint density at radius 1 is 1.40 bits per heavy atom. The molecule has 1 aromatic rings. The molecule has 20 heavy (non-hydrogen) atoms. The first-order valence-corrected chi connectivity index (χ1v) is 7.24. The minimum Gasteiger partial charge on any atom is -0.480 e. The van der Waals surface area contributed by atoms with Gasteiger partial charge in [0.25, 0.3) is 5.91 Å². The summed E-state index contributed by atoms with van der Waals surface area (Å²) in [7, 11) is 0. The SMILES string of the molecule is Cc1cc2c(cc1C)OC(C(=O)NCC1(O)CCC1)C2. The minimum atomic E-state index is -0.686. The lowest BCUT2D eigenvalue weighted by Gasteiger charge is -2.36. The van der Waals surface area contributed by atoms with Gasteiger partial charge in [0, 0.05) is 13.0 Å². The highest BCUT2D eigenvalue weighted by Gasteiger charge is 2.36. The number of fused-ring (bicyclic) bond motifs is 1. The molecule has 1 aliphatic carbocycles. The lowest BCUT2D eigenvalue weighted by Crippen LogP contribution is -2.50. The fourth-order valence-electron chi connectivity index (χ4n) is 2.79. The highest BCUT2D eigenvalue weighted by Crippen LogP contribution is 2.32. The average Bonchev–Trinajstić information content (AvgIpc) is 2.77. The molecule has 1 saturated carbocycles. The second-order valence-electron chi connectivity index (χ2n) is 6.15. The maximum Gasteiger partial charge on any atom is 0.261 e. The lowest BCUT2D eigenvalue weighted by atomic mass is 9.80. The lowest BCUT2D eigenvalue weighted by molar-refractivity contribution is -0.129. The maximum absolute atomic E-state index is 12.1. The number of amides is 1. The van der Waals surface area contributed by atoms with Crippen LogP contribution in [0, 0.1) is 13.8 Å². The molecule has 0 radical (unpaired) electrons. The van der Waals surface area contributed by atoms with Crippen LogP contribution in [0.25, 0.3) is 0 Å². The largest absolute Gasteiger partial charge is 0.480 e. The summed E-state index contributed by atoms with van der Waals surface area (Å²) in [6.45, 7) is 4.44. The van der Waals surface area contributed by atoms with Crippen LogP contribution >= 0.6 is 0 Å². The third-order valence-electron chi connectivity index (χ3n) is 4.52. The fraction of sp³-hybridized carbons (Fsp3) is 0.562. The van der Waals surface area contributed by atoms with Crippen molar-refractivity contribution in [3.05, 3.63) is 28.8 Å². The van der Waals surface area contributed by atoms with Gasteiger partial charge in [0.05, 0.1) is 5.60 Å². The van der Waals surface area contributed by atoms with Gasteiger partial charge in [-0.2, -0.15) is 0 Å². The molecule has 4 heteroatoms. The van der Waals surface area contributed by atoms with Crippen molar-refractivity contribution in [1.82, 2.24) is 5.32 Å². The van der Waals surface area contributed by atoms with Gasteiger partial charge in [-0.15, -0.1) is 0 Å². The van der Waals surface area contributed by atoms with Crippen LogP contribution in [0.1, 0.15) is 36.0 Å². The summed E-state index contributed by atoms with van der Waals surface area (Å²) in [5.74, 6) is 0.687. The molecule has 1 aliphatic heterocycles. The Hall–Kier alpha value is -1.55. The van der Waals surface area contributed by atoms with Gasteiger partial charge >= 0.3 is 0 Å². The number of aliphatic hydroxyl groups is 1. The number of ether oxygens (including phenoxy) is 1. The molecule has 0 bridgehead atoms. The summed E-state index contributed by atoms with van der Waals surface area (Å²) >= 11 is 0. The summed E-state index contributed by atoms with van der Waals surface area (Å²) in [4.78, 5) is 12.1. The van der Waals surface area contributed by atoms with E-state index in [9.17, 15) is 9.90 Å². The van der Waals surface area contributed by atoms with Crippen LogP contribution in [-0.2, 0) is 11.2 Å². The van der Waals surface area contributed by atoms with Gasteiger partial charge in [-0.1, -0.05) is 6.07 Å². The van der Waals surface area contributed by atoms with E-state index in [1.807, 2.05) is 13.0 Å². The number of nitrogens with one attached hydrogen (secondary N) is 1. The van der Waals surface area contributed by atoms with Gasteiger partial charge in [-0.25, -0.2) is 0 Å². The van der Waals surface area contributed by atoms with Crippen molar-refractivity contribution >= 4 is 5.91 Å². The summed E-state index contributed by atoms with van der Waals surface area (Å²) in [6, 6.07) is 4.09. The first-order chi connectivity index (χ1) is 9.47. The highest BCUT2D eigenvalue weighted by molar-refractivity contribution is 5.82. The van der Waals surface area contributed by atoms with Crippen molar-refractivity contribution in [2.75, 3.05) is 6.54 Å². The van der Waals surface area contributed by atoms with E-state index in [1.54, 1.807) is 0 Å². The van der Waals surface area contributed by atoms with Crippen LogP contribution < -0.4 is 10.1 Å². The minimum absolute atomic E-state index is 0.128. The predicted octanol–water partition coefficient (Wildman–Crippen LogP) is 1.64. The van der Waals surface area contributed by atoms with Gasteiger partial charge in [0.2, 0.25) is 0 Å². The maximum atomic E-state index is 12.1. The molecule has 108 valence electrons. The molecule has 3 rings (SSSR count). The van der Waals surface area contributed by atoms with E-state index in [2.05, 4.69) is 18.3 Å². The van der Waals surface area contributed by atoms with Crippen molar-refractivity contribution in [3.63, 3.8) is 0 Å². The first kappa shape index (κ1) is 13.4. The summed E-state index contributed by atoms with van der Waals surface area (Å²) in [6.07, 6.45) is 2.74. The van der Waals surface area contributed by atoms with Gasteiger partial charge in [-0.3, -0.25) is 4.79 Å². The number of aryl methyl sites for hydroxylation is 2. The third kappa shape index (κ3) is 2.40. The Morgan fingerprint density at radius 3 is 2.75 bits per heavy atom. The quantitative estimate of drug-likeness (QED) is 0.881. The normalized spacial score (nSPS) is 22.6. The second-order valence-corrected chi connectivity index (χ2v) is 6.15. The average molecular weight is 275 g/mol. The zero-order valence-electron chi connectivity index (χ0n) is 12.0. The van der Waals surface area contributed by atoms with E-state index >= 15 is 0 Å². The molecule has 1 fully saturated rings. The molecule has 1 heterocycles. The molecule has 1 atom stereocenters. The second kappa shape index (κ2) is 4.77. The van der Waals surface area contributed by atoms with Gasteiger partial charge < -0.3 is 15.2 Å². The molecule has 0 spiro atoms. The van der Waals surface area contributed by atoms with E-state index in [1.165, 1.54) is 11.1 Å². The highest BCUT2D eigenvalue weighted by atomic mass is 16.5. The Bertz CT molecular complexity index is 518. The number of hydrogen-bond donors (Lipinski definition) is 2. The molecule has 1 unspecified atom stereocenters. The van der Waals surface area contributed by atoms with Gasteiger partial charge in [0.1, 0.15) is 5.75 Å².